The Hall–Kier alpha value is -0.600. The third kappa shape index (κ3) is 5.92. The first-order valence-corrected chi connectivity index (χ1v) is 7.61. The van der Waals surface area contributed by atoms with Crippen molar-refractivity contribution < 1.29 is 0 Å². The average Bonchev–Trinajstić information content (AvgIpc) is 2.46. The van der Waals surface area contributed by atoms with Gasteiger partial charge in [-0.2, -0.15) is 0 Å². The van der Waals surface area contributed by atoms with Gasteiger partial charge in [-0.15, -0.1) is 5.92 Å². The molecule has 2 rings (SSSR count). The largest absolute Gasteiger partial charge is 0.313 e. The number of unbranched alkanes of at least 4 members (excludes halogenated alkanes) is 2. The Balaban J connectivity index is 1.49. The molecule has 0 aromatic rings. The van der Waals surface area contributed by atoms with E-state index in [1.54, 1.807) is 0 Å². The number of rotatable bonds is 4. The van der Waals surface area contributed by atoms with Crippen LogP contribution in [-0.2, 0) is 0 Å². The van der Waals surface area contributed by atoms with Gasteiger partial charge in [-0.3, -0.25) is 0 Å². The number of nitrogens with one attached hydrogen (secondary N) is 1. The second-order valence-electron chi connectivity index (χ2n) is 5.55. The Labute approximate surface area is 117 Å². The minimum absolute atomic E-state index is 0.242. The van der Waals surface area contributed by atoms with Crippen molar-refractivity contribution in [2.45, 2.75) is 25.3 Å². The molecule has 0 saturated carbocycles. The van der Waals surface area contributed by atoms with Crippen molar-refractivity contribution in [1.82, 2.24) is 20.4 Å². The van der Waals surface area contributed by atoms with E-state index in [2.05, 4.69) is 39.3 Å². The SMILES string of the molecule is CN1CCN(CCCCC#CC2CNCC[N]2)CC1. The fourth-order valence-electron chi connectivity index (χ4n) is 2.51. The van der Waals surface area contributed by atoms with Crippen LogP contribution in [0.25, 0.3) is 0 Å². The molecule has 0 amide bonds. The molecule has 2 heterocycles. The molecule has 4 nitrogen and oxygen atoms in total. The molecule has 1 unspecified atom stereocenters. The van der Waals surface area contributed by atoms with Crippen molar-refractivity contribution in [1.29, 1.82) is 0 Å². The van der Waals surface area contributed by atoms with E-state index in [-0.39, 0.29) is 6.04 Å². The zero-order valence-corrected chi connectivity index (χ0v) is 12.2. The summed E-state index contributed by atoms with van der Waals surface area (Å²) in [5, 5.41) is 7.81. The summed E-state index contributed by atoms with van der Waals surface area (Å²) in [6, 6.07) is 0.242. The number of likely N-dealkylation sites (N-methyl/N-ethyl adjacent to an activating group) is 1. The summed E-state index contributed by atoms with van der Waals surface area (Å²) < 4.78 is 0. The zero-order chi connectivity index (χ0) is 13.3. The third-order valence-corrected chi connectivity index (χ3v) is 3.87. The van der Waals surface area contributed by atoms with E-state index in [1.807, 2.05) is 0 Å². The summed E-state index contributed by atoms with van der Waals surface area (Å²) in [4.78, 5) is 4.98. The highest BCUT2D eigenvalue weighted by Gasteiger charge is 2.12. The first-order chi connectivity index (χ1) is 9.34. The summed E-state index contributed by atoms with van der Waals surface area (Å²) in [6.07, 6.45) is 3.53. The zero-order valence-electron chi connectivity index (χ0n) is 12.2. The molecular formula is C15H27N4. The van der Waals surface area contributed by atoms with Gasteiger partial charge in [0.2, 0.25) is 0 Å². The molecule has 4 heteroatoms. The normalized spacial score (nSPS) is 25.8. The van der Waals surface area contributed by atoms with Crippen LogP contribution in [0.1, 0.15) is 19.3 Å². The van der Waals surface area contributed by atoms with Gasteiger partial charge in [-0.05, 0) is 26.4 Å². The first-order valence-electron chi connectivity index (χ1n) is 7.61. The van der Waals surface area contributed by atoms with E-state index < -0.39 is 0 Å². The Kier molecular flexibility index (Phi) is 6.66. The summed E-state index contributed by atoms with van der Waals surface area (Å²) in [7, 11) is 2.21. The Morgan fingerprint density at radius 1 is 1.21 bits per heavy atom. The van der Waals surface area contributed by atoms with Crippen molar-refractivity contribution >= 4 is 0 Å². The lowest BCUT2D eigenvalue weighted by Crippen LogP contribution is -2.44. The average molecular weight is 263 g/mol. The van der Waals surface area contributed by atoms with Crippen LogP contribution in [0.3, 0.4) is 0 Å². The van der Waals surface area contributed by atoms with Gasteiger partial charge in [0.1, 0.15) is 0 Å². The molecule has 0 bridgehead atoms. The minimum Gasteiger partial charge on any atom is -0.313 e. The molecule has 0 aromatic carbocycles. The molecule has 0 aromatic heterocycles. The predicted octanol–water partition coefficient (Wildman–Crippen LogP) is -0.0163. The lowest BCUT2D eigenvalue weighted by molar-refractivity contribution is 0.152. The number of hydrogen-bond donors (Lipinski definition) is 1. The van der Waals surface area contributed by atoms with Crippen LogP contribution in [-0.4, -0.2) is 75.2 Å². The number of piperazine rings is 2. The molecule has 1 N–H and O–H groups in total. The minimum atomic E-state index is 0.242. The van der Waals surface area contributed by atoms with Crippen molar-refractivity contribution in [3.05, 3.63) is 0 Å². The van der Waals surface area contributed by atoms with Gasteiger partial charge < -0.3 is 15.1 Å². The molecule has 1 radical (unpaired) electrons. The highest BCUT2D eigenvalue weighted by Crippen LogP contribution is 2.03. The molecule has 2 fully saturated rings. The maximum absolute atomic E-state index is 4.48. The summed E-state index contributed by atoms with van der Waals surface area (Å²) in [6.45, 7) is 9.01. The van der Waals surface area contributed by atoms with Gasteiger partial charge in [0.25, 0.3) is 0 Å². The van der Waals surface area contributed by atoms with Crippen LogP contribution in [0.4, 0.5) is 0 Å². The summed E-state index contributed by atoms with van der Waals surface area (Å²) in [5.74, 6) is 6.56. The Morgan fingerprint density at radius 3 is 2.79 bits per heavy atom. The van der Waals surface area contributed by atoms with Crippen LogP contribution in [0, 0.1) is 11.8 Å². The van der Waals surface area contributed by atoms with Crippen LogP contribution < -0.4 is 10.6 Å². The van der Waals surface area contributed by atoms with Crippen LogP contribution >= 0.6 is 0 Å². The maximum Gasteiger partial charge on any atom is 0.0977 e. The van der Waals surface area contributed by atoms with Crippen molar-refractivity contribution in [3.8, 4) is 11.8 Å². The molecule has 2 aliphatic rings. The molecule has 1 atom stereocenters. The van der Waals surface area contributed by atoms with Crippen LogP contribution in [0.2, 0.25) is 0 Å². The monoisotopic (exact) mass is 263 g/mol. The third-order valence-electron chi connectivity index (χ3n) is 3.87. The van der Waals surface area contributed by atoms with E-state index in [1.165, 1.54) is 45.6 Å². The van der Waals surface area contributed by atoms with Crippen LogP contribution in [0.5, 0.6) is 0 Å². The molecular weight excluding hydrogens is 236 g/mol. The van der Waals surface area contributed by atoms with E-state index in [0.717, 1.165) is 26.1 Å². The van der Waals surface area contributed by atoms with E-state index in [9.17, 15) is 0 Å². The van der Waals surface area contributed by atoms with E-state index in [0.29, 0.717) is 0 Å². The maximum atomic E-state index is 4.48. The van der Waals surface area contributed by atoms with Gasteiger partial charge in [-0.25, -0.2) is 5.32 Å². The van der Waals surface area contributed by atoms with Gasteiger partial charge in [0, 0.05) is 52.2 Å². The molecule has 2 aliphatic heterocycles. The molecule has 2 saturated heterocycles. The highest BCUT2D eigenvalue weighted by molar-refractivity contribution is 5.09. The number of hydrogen-bond acceptors (Lipinski definition) is 3. The molecule has 19 heavy (non-hydrogen) atoms. The fraction of sp³-hybridized carbons (Fsp3) is 0.867. The smallest absolute Gasteiger partial charge is 0.0977 e. The quantitative estimate of drug-likeness (QED) is 0.572. The number of nitrogens with zero attached hydrogens (tertiary/aromatic N) is 3. The van der Waals surface area contributed by atoms with E-state index >= 15 is 0 Å². The van der Waals surface area contributed by atoms with Gasteiger partial charge in [0.05, 0.1) is 6.04 Å². The predicted molar refractivity (Wildman–Crippen MR) is 79.2 cm³/mol. The lowest BCUT2D eigenvalue weighted by Gasteiger charge is -2.32. The van der Waals surface area contributed by atoms with Crippen molar-refractivity contribution in [2.24, 2.45) is 0 Å². The lowest BCUT2D eigenvalue weighted by atomic mass is 10.2. The Bertz CT molecular complexity index is 293. The van der Waals surface area contributed by atoms with Gasteiger partial charge >= 0.3 is 0 Å². The summed E-state index contributed by atoms with van der Waals surface area (Å²) >= 11 is 0. The van der Waals surface area contributed by atoms with Gasteiger partial charge in [-0.1, -0.05) is 5.92 Å². The standard InChI is InChI=1S/C15H27N4/c1-18-10-12-19(13-11-18)9-5-3-2-4-6-15-14-16-7-8-17-15/h15-16H,2-3,5,7-14H2,1H3. The highest BCUT2D eigenvalue weighted by atomic mass is 15.2. The molecule has 0 spiro atoms. The van der Waals surface area contributed by atoms with E-state index in [4.69, 9.17) is 0 Å². The topological polar surface area (TPSA) is 32.6 Å². The molecule has 0 aliphatic carbocycles. The second-order valence-corrected chi connectivity index (χ2v) is 5.55. The molecule has 107 valence electrons. The van der Waals surface area contributed by atoms with Gasteiger partial charge in [0.15, 0.2) is 0 Å². The Morgan fingerprint density at radius 2 is 2.05 bits per heavy atom. The first kappa shape index (κ1) is 14.8. The van der Waals surface area contributed by atoms with Crippen molar-refractivity contribution in [3.63, 3.8) is 0 Å². The van der Waals surface area contributed by atoms with Crippen LogP contribution in [0.15, 0.2) is 0 Å². The summed E-state index contributed by atoms with van der Waals surface area (Å²) in [5.41, 5.74) is 0. The van der Waals surface area contributed by atoms with Crippen molar-refractivity contribution in [2.75, 3.05) is 59.4 Å². The fourth-order valence-corrected chi connectivity index (χ4v) is 2.51. The second kappa shape index (κ2) is 8.55.